The quantitative estimate of drug-likeness (QED) is 0.452. The van der Waals surface area contributed by atoms with Crippen LogP contribution in [0.3, 0.4) is 0 Å². The number of pyridine rings is 2. The van der Waals surface area contributed by atoms with Gasteiger partial charge in [0.2, 0.25) is 0 Å². The molecule has 0 aliphatic heterocycles. The molecular weight excluding hydrogens is 408 g/mol. The summed E-state index contributed by atoms with van der Waals surface area (Å²) in [4.78, 5) is 37.6. The fourth-order valence-electron chi connectivity index (χ4n) is 3.69. The fourth-order valence-corrected chi connectivity index (χ4v) is 3.69. The molecule has 0 radical (unpaired) electrons. The zero-order chi connectivity index (χ0) is 23.1. The van der Waals surface area contributed by atoms with Crippen LogP contribution in [0.1, 0.15) is 27.7 Å². The van der Waals surface area contributed by atoms with E-state index in [9.17, 15) is 9.59 Å². The SMILES string of the molecule is CCN(CC)C(=O)COc1c(OCC(=O)N(CC)CC)c2cccnc2c2ncccc12. The van der Waals surface area contributed by atoms with Crippen molar-refractivity contribution in [3.05, 3.63) is 36.7 Å². The average molecular weight is 439 g/mol. The minimum absolute atomic E-state index is 0.122. The normalized spacial score (nSPS) is 10.9. The van der Waals surface area contributed by atoms with Gasteiger partial charge in [-0.05, 0) is 52.0 Å². The zero-order valence-corrected chi connectivity index (χ0v) is 19.1. The van der Waals surface area contributed by atoms with Gasteiger partial charge in [-0.1, -0.05) is 0 Å². The van der Waals surface area contributed by atoms with E-state index in [1.54, 1.807) is 34.3 Å². The third kappa shape index (κ3) is 4.74. The fraction of sp³-hybridized carbons (Fsp3) is 0.417. The molecule has 0 saturated heterocycles. The van der Waals surface area contributed by atoms with E-state index in [1.807, 2.05) is 39.8 Å². The highest BCUT2D eigenvalue weighted by Crippen LogP contribution is 2.42. The molecule has 2 heterocycles. The van der Waals surface area contributed by atoms with Crippen LogP contribution in [-0.4, -0.2) is 71.0 Å². The number of rotatable bonds is 10. The lowest BCUT2D eigenvalue weighted by atomic mass is 10.1. The van der Waals surface area contributed by atoms with Crippen molar-refractivity contribution >= 4 is 33.6 Å². The van der Waals surface area contributed by atoms with E-state index in [4.69, 9.17) is 9.47 Å². The molecule has 32 heavy (non-hydrogen) atoms. The Morgan fingerprint density at radius 2 is 1.09 bits per heavy atom. The summed E-state index contributed by atoms with van der Waals surface area (Å²) in [6.45, 7) is 9.83. The molecule has 0 aliphatic rings. The van der Waals surface area contributed by atoms with Crippen LogP contribution in [0.5, 0.6) is 11.5 Å². The Balaban J connectivity index is 2.06. The summed E-state index contributed by atoms with van der Waals surface area (Å²) in [5.41, 5.74) is 1.30. The zero-order valence-electron chi connectivity index (χ0n) is 19.1. The van der Waals surface area contributed by atoms with Crippen LogP contribution in [0.2, 0.25) is 0 Å². The van der Waals surface area contributed by atoms with Gasteiger partial charge >= 0.3 is 0 Å². The molecule has 0 saturated carbocycles. The second-order valence-corrected chi connectivity index (χ2v) is 7.17. The van der Waals surface area contributed by atoms with E-state index in [-0.39, 0.29) is 25.0 Å². The van der Waals surface area contributed by atoms with Gasteiger partial charge in [0.05, 0.1) is 0 Å². The first-order valence-electron chi connectivity index (χ1n) is 11.0. The van der Waals surface area contributed by atoms with Crippen LogP contribution >= 0.6 is 0 Å². The molecule has 0 fully saturated rings. The Hall–Kier alpha value is -3.42. The molecule has 0 N–H and O–H groups in total. The summed E-state index contributed by atoms with van der Waals surface area (Å²) < 4.78 is 12.1. The maximum absolute atomic E-state index is 12.6. The van der Waals surface area contributed by atoms with Crippen LogP contribution in [0.4, 0.5) is 0 Å². The van der Waals surface area contributed by atoms with Gasteiger partial charge in [-0.2, -0.15) is 0 Å². The number of amides is 2. The van der Waals surface area contributed by atoms with Crippen molar-refractivity contribution in [1.29, 1.82) is 0 Å². The predicted molar refractivity (Wildman–Crippen MR) is 124 cm³/mol. The first-order chi connectivity index (χ1) is 15.5. The lowest BCUT2D eigenvalue weighted by molar-refractivity contribution is -0.134. The number of aromatic nitrogens is 2. The molecule has 3 aromatic rings. The average Bonchev–Trinajstić information content (AvgIpc) is 2.83. The van der Waals surface area contributed by atoms with Gasteiger partial charge in [0.15, 0.2) is 24.7 Å². The Morgan fingerprint density at radius 3 is 1.44 bits per heavy atom. The molecule has 2 aromatic heterocycles. The number of fused-ring (bicyclic) bond motifs is 3. The molecule has 0 atom stereocenters. The van der Waals surface area contributed by atoms with E-state index in [1.165, 1.54) is 0 Å². The topological polar surface area (TPSA) is 84.9 Å². The van der Waals surface area contributed by atoms with Gasteiger partial charge in [-0.3, -0.25) is 19.6 Å². The number of carbonyl (C=O) groups is 2. The smallest absolute Gasteiger partial charge is 0.260 e. The summed E-state index contributed by atoms with van der Waals surface area (Å²) >= 11 is 0. The van der Waals surface area contributed by atoms with E-state index >= 15 is 0 Å². The maximum atomic E-state index is 12.6. The van der Waals surface area contributed by atoms with Crippen molar-refractivity contribution in [2.24, 2.45) is 0 Å². The highest BCUT2D eigenvalue weighted by atomic mass is 16.5. The molecule has 0 bridgehead atoms. The highest BCUT2D eigenvalue weighted by Gasteiger charge is 2.22. The predicted octanol–water partition coefficient (Wildman–Crippen LogP) is 3.28. The number of likely N-dealkylation sites (N-methyl/N-ethyl adjacent to an activating group) is 2. The van der Waals surface area contributed by atoms with Crippen LogP contribution in [0.25, 0.3) is 21.8 Å². The largest absolute Gasteiger partial charge is 0.479 e. The molecular formula is C24H30N4O4. The van der Waals surface area contributed by atoms with Gasteiger partial charge in [0, 0.05) is 49.3 Å². The van der Waals surface area contributed by atoms with Crippen molar-refractivity contribution in [3.63, 3.8) is 0 Å². The molecule has 0 unspecified atom stereocenters. The number of hydrogen-bond donors (Lipinski definition) is 0. The summed E-state index contributed by atoms with van der Waals surface area (Å²) in [6, 6.07) is 7.29. The van der Waals surface area contributed by atoms with E-state index < -0.39 is 0 Å². The Kier molecular flexibility index (Phi) is 7.81. The second kappa shape index (κ2) is 10.7. The van der Waals surface area contributed by atoms with Crippen LogP contribution < -0.4 is 9.47 Å². The molecule has 1 aromatic carbocycles. The Bertz CT molecular complexity index is 1010. The van der Waals surface area contributed by atoms with Crippen molar-refractivity contribution in [1.82, 2.24) is 19.8 Å². The van der Waals surface area contributed by atoms with Crippen molar-refractivity contribution in [2.75, 3.05) is 39.4 Å². The van der Waals surface area contributed by atoms with E-state index in [2.05, 4.69) is 9.97 Å². The van der Waals surface area contributed by atoms with E-state index in [0.717, 1.165) is 0 Å². The minimum atomic E-state index is -0.141. The number of nitrogens with zero attached hydrogens (tertiary/aromatic N) is 4. The van der Waals surface area contributed by atoms with Gasteiger partial charge in [0.1, 0.15) is 11.0 Å². The summed E-state index contributed by atoms with van der Waals surface area (Å²) in [5, 5.41) is 1.35. The summed E-state index contributed by atoms with van der Waals surface area (Å²) in [6.07, 6.45) is 3.37. The van der Waals surface area contributed by atoms with Crippen molar-refractivity contribution in [2.45, 2.75) is 27.7 Å². The minimum Gasteiger partial charge on any atom is -0.479 e. The van der Waals surface area contributed by atoms with Gasteiger partial charge in [0.25, 0.3) is 11.8 Å². The van der Waals surface area contributed by atoms with Gasteiger partial charge < -0.3 is 19.3 Å². The second-order valence-electron chi connectivity index (χ2n) is 7.17. The lowest BCUT2D eigenvalue weighted by Gasteiger charge is -2.22. The number of benzene rings is 1. The molecule has 3 rings (SSSR count). The Morgan fingerprint density at radius 1 is 0.719 bits per heavy atom. The summed E-state index contributed by atoms with van der Waals surface area (Å²) in [7, 11) is 0. The first kappa shape index (κ1) is 23.2. The monoisotopic (exact) mass is 438 g/mol. The van der Waals surface area contributed by atoms with Crippen molar-refractivity contribution in [3.8, 4) is 11.5 Å². The third-order valence-corrected chi connectivity index (χ3v) is 5.45. The molecule has 8 heteroatoms. The van der Waals surface area contributed by atoms with Crippen LogP contribution in [-0.2, 0) is 9.59 Å². The first-order valence-corrected chi connectivity index (χ1v) is 11.0. The molecule has 8 nitrogen and oxygen atoms in total. The number of carbonyl (C=O) groups excluding carboxylic acids is 2. The van der Waals surface area contributed by atoms with Gasteiger partial charge in [-0.25, -0.2) is 0 Å². The molecule has 2 amide bonds. The molecule has 0 spiro atoms. The summed E-state index contributed by atoms with van der Waals surface area (Å²) in [5.74, 6) is 0.537. The van der Waals surface area contributed by atoms with E-state index in [0.29, 0.717) is 59.5 Å². The lowest BCUT2D eigenvalue weighted by Crippen LogP contribution is -2.35. The van der Waals surface area contributed by atoms with Gasteiger partial charge in [-0.15, -0.1) is 0 Å². The molecule has 0 aliphatic carbocycles. The van der Waals surface area contributed by atoms with Crippen molar-refractivity contribution < 1.29 is 19.1 Å². The van der Waals surface area contributed by atoms with Crippen LogP contribution in [0, 0.1) is 0 Å². The highest BCUT2D eigenvalue weighted by molar-refractivity contribution is 6.10. The third-order valence-electron chi connectivity index (χ3n) is 5.45. The standard InChI is InChI=1S/C24H30N4O4/c1-5-27(6-2)19(29)15-31-23-17-11-9-13-25-21(17)22-18(12-10-14-26-22)24(23)32-16-20(30)28(7-3)8-4/h9-14H,5-8,15-16H2,1-4H3. The number of ether oxygens (including phenoxy) is 2. The Labute approximate surface area is 188 Å². The van der Waals surface area contributed by atoms with Crippen LogP contribution in [0.15, 0.2) is 36.7 Å². The molecule has 170 valence electrons. The number of hydrogen-bond acceptors (Lipinski definition) is 6. The maximum Gasteiger partial charge on any atom is 0.260 e.